The molecule has 2 heterocycles. The lowest BCUT2D eigenvalue weighted by Crippen LogP contribution is -2.40. The number of nitrogens with zero attached hydrogens (tertiary/aromatic N) is 4. The van der Waals surface area contributed by atoms with Gasteiger partial charge in [-0.05, 0) is 62.3 Å². The van der Waals surface area contributed by atoms with Gasteiger partial charge in [0, 0.05) is 31.2 Å². The summed E-state index contributed by atoms with van der Waals surface area (Å²) < 4.78 is 34.4. The number of aryl methyl sites for hydroxylation is 4. The van der Waals surface area contributed by atoms with Crippen LogP contribution in [-0.2, 0) is 21.8 Å². The van der Waals surface area contributed by atoms with Crippen molar-refractivity contribution in [2.24, 2.45) is 17.3 Å². The Morgan fingerprint density at radius 2 is 1.76 bits per heavy atom. The summed E-state index contributed by atoms with van der Waals surface area (Å²) in [7, 11) is -2.04. The summed E-state index contributed by atoms with van der Waals surface area (Å²) in [6.07, 6.45) is 0. The third-order valence-corrected chi connectivity index (χ3v) is 7.95. The van der Waals surface area contributed by atoms with E-state index in [2.05, 4.69) is 15.5 Å². The highest BCUT2D eigenvalue weighted by Crippen LogP contribution is 2.39. The van der Waals surface area contributed by atoms with E-state index in [-0.39, 0.29) is 21.6 Å². The van der Waals surface area contributed by atoms with Crippen LogP contribution < -0.4 is 5.32 Å². The summed E-state index contributed by atoms with van der Waals surface area (Å²) in [6, 6.07) is 8.78. The van der Waals surface area contributed by atoms with Crippen LogP contribution >= 0.6 is 12.2 Å². The molecule has 0 bridgehead atoms. The van der Waals surface area contributed by atoms with Crippen molar-refractivity contribution in [1.82, 2.24) is 8.87 Å². The number of hydrogen-bond donors (Lipinski definition) is 2. The van der Waals surface area contributed by atoms with Gasteiger partial charge in [0.15, 0.2) is 5.69 Å². The first-order chi connectivity index (χ1) is 16.1. The number of ether oxygens (including phenoxy) is 1. The molecule has 0 aliphatic carbocycles. The molecule has 1 aliphatic heterocycles. The number of nitrogens with one attached hydrogen (secondary N) is 1. The quantitative estimate of drug-likeness (QED) is 0.407. The molecule has 11 heteroatoms. The van der Waals surface area contributed by atoms with Gasteiger partial charge in [0.1, 0.15) is 0 Å². The van der Waals surface area contributed by atoms with E-state index in [1.165, 1.54) is 21.0 Å². The Morgan fingerprint density at radius 1 is 1.12 bits per heavy atom. The maximum atomic E-state index is 13.1. The maximum Gasteiger partial charge on any atom is 0.243 e. The van der Waals surface area contributed by atoms with E-state index in [4.69, 9.17) is 17.0 Å². The summed E-state index contributed by atoms with van der Waals surface area (Å²) in [5, 5.41) is 22.6. The van der Waals surface area contributed by atoms with Crippen molar-refractivity contribution in [2.75, 3.05) is 31.6 Å². The van der Waals surface area contributed by atoms with Crippen LogP contribution in [0.2, 0.25) is 0 Å². The van der Waals surface area contributed by atoms with Gasteiger partial charge in [-0.15, -0.1) is 10.2 Å². The van der Waals surface area contributed by atoms with Crippen molar-refractivity contribution < 1.29 is 18.3 Å². The molecule has 0 atom stereocenters. The summed E-state index contributed by atoms with van der Waals surface area (Å²) in [5.74, 6) is -0.134. The molecule has 0 radical (unpaired) electrons. The number of anilines is 1. The first-order valence-corrected chi connectivity index (χ1v) is 12.6. The smallest absolute Gasteiger partial charge is 0.243 e. The molecule has 0 spiro atoms. The third-order valence-electron chi connectivity index (χ3n) is 5.87. The zero-order chi connectivity index (χ0) is 24.6. The largest absolute Gasteiger partial charge is 0.493 e. The van der Waals surface area contributed by atoms with Crippen LogP contribution in [0, 0.1) is 20.8 Å². The standard InChI is InChI=1S/C23H27N5O4S2/c1-14-11-15(2)20(16(3)12-14)24-23(33)26-25-21-18-13-17(5-6-19(18)27(4)22(21)29)34(30,31)28-7-9-32-10-8-28/h5-6,11-13,29H,7-10H2,1-4H3,(H,24,33). The second-order valence-electron chi connectivity index (χ2n) is 8.33. The molecule has 34 heavy (non-hydrogen) atoms. The molecule has 1 aromatic heterocycles. The van der Waals surface area contributed by atoms with Gasteiger partial charge in [0.2, 0.25) is 21.0 Å². The Balaban J connectivity index is 1.67. The molecular weight excluding hydrogens is 474 g/mol. The highest BCUT2D eigenvalue weighted by atomic mass is 32.2. The average Bonchev–Trinajstić information content (AvgIpc) is 3.04. The van der Waals surface area contributed by atoms with Crippen LogP contribution in [0.5, 0.6) is 5.88 Å². The number of aromatic nitrogens is 1. The van der Waals surface area contributed by atoms with Crippen LogP contribution in [0.25, 0.3) is 10.9 Å². The normalized spacial score (nSPS) is 15.3. The minimum Gasteiger partial charge on any atom is -0.493 e. The highest BCUT2D eigenvalue weighted by Gasteiger charge is 2.27. The van der Waals surface area contributed by atoms with Gasteiger partial charge < -0.3 is 19.7 Å². The number of aromatic hydroxyl groups is 1. The molecule has 9 nitrogen and oxygen atoms in total. The zero-order valence-electron chi connectivity index (χ0n) is 19.5. The summed E-state index contributed by atoms with van der Waals surface area (Å²) in [4.78, 5) is 0.121. The van der Waals surface area contributed by atoms with Crippen LogP contribution in [-0.4, -0.2) is 53.8 Å². The lowest BCUT2D eigenvalue weighted by atomic mass is 10.1. The molecule has 3 aromatic rings. The molecule has 180 valence electrons. The van der Waals surface area contributed by atoms with Gasteiger partial charge in [-0.25, -0.2) is 8.42 Å². The fourth-order valence-electron chi connectivity index (χ4n) is 4.19. The first kappa shape index (κ1) is 24.3. The Bertz CT molecular complexity index is 1380. The molecule has 1 saturated heterocycles. The van der Waals surface area contributed by atoms with Crippen molar-refractivity contribution in [3.63, 3.8) is 0 Å². The third kappa shape index (κ3) is 4.56. The van der Waals surface area contributed by atoms with Crippen molar-refractivity contribution in [3.05, 3.63) is 47.0 Å². The number of benzene rings is 2. The molecule has 0 saturated carbocycles. The second kappa shape index (κ2) is 9.41. The van der Waals surface area contributed by atoms with Crippen molar-refractivity contribution >= 4 is 49.6 Å². The van der Waals surface area contributed by atoms with Crippen molar-refractivity contribution in [2.45, 2.75) is 25.7 Å². The Labute approximate surface area is 204 Å². The molecular formula is C23H27N5O4S2. The number of azo groups is 1. The zero-order valence-corrected chi connectivity index (χ0v) is 21.1. The maximum absolute atomic E-state index is 13.1. The fourth-order valence-corrected chi connectivity index (χ4v) is 5.77. The monoisotopic (exact) mass is 501 g/mol. The van der Waals surface area contributed by atoms with Crippen LogP contribution in [0.1, 0.15) is 16.7 Å². The molecule has 2 aromatic carbocycles. The van der Waals surface area contributed by atoms with Gasteiger partial charge in [0.25, 0.3) is 0 Å². The first-order valence-electron chi connectivity index (χ1n) is 10.8. The molecule has 2 N–H and O–H groups in total. The van der Waals surface area contributed by atoms with Crippen molar-refractivity contribution in [1.29, 1.82) is 0 Å². The lowest BCUT2D eigenvalue weighted by Gasteiger charge is -2.26. The number of thiocarbonyl (C=S) groups is 1. The van der Waals surface area contributed by atoms with E-state index in [1.807, 2.05) is 32.9 Å². The minimum absolute atomic E-state index is 0.121. The van der Waals surface area contributed by atoms with E-state index in [0.29, 0.717) is 37.2 Å². The summed E-state index contributed by atoms with van der Waals surface area (Å²) in [6.45, 7) is 7.30. The van der Waals surface area contributed by atoms with E-state index in [9.17, 15) is 13.5 Å². The van der Waals surface area contributed by atoms with Crippen LogP contribution in [0.3, 0.4) is 0 Å². The number of morpholine rings is 1. The topological polar surface area (TPSA) is 109 Å². The SMILES string of the molecule is Cc1cc(C)c(NC(=S)N=Nc2c(O)n(C)c3ccc(S(=O)(=O)N4CCOCC4)cc23)c(C)c1. The average molecular weight is 502 g/mol. The van der Waals surface area contributed by atoms with Crippen molar-refractivity contribution in [3.8, 4) is 5.88 Å². The van der Waals surface area contributed by atoms with E-state index in [1.54, 1.807) is 13.1 Å². The predicted molar refractivity (Wildman–Crippen MR) is 136 cm³/mol. The number of fused-ring (bicyclic) bond motifs is 1. The molecule has 0 amide bonds. The predicted octanol–water partition coefficient (Wildman–Crippen LogP) is 4.31. The molecule has 1 aliphatic rings. The summed E-state index contributed by atoms with van der Waals surface area (Å²) >= 11 is 5.36. The Hall–Kier alpha value is -2.86. The van der Waals surface area contributed by atoms with E-state index < -0.39 is 10.0 Å². The minimum atomic E-state index is -3.71. The Kier molecular flexibility index (Phi) is 6.72. The van der Waals surface area contributed by atoms with Gasteiger partial charge >= 0.3 is 0 Å². The number of sulfonamides is 1. The van der Waals surface area contributed by atoms with Gasteiger partial charge in [-0.2, -0.15) is 4.31 Å². The van der Waals surface area contributed by atoms with E-state index in [0.717, 1.165) is 22.4 Å². The highest BCUT2D eigenvalue weighted by molar-refractivity contribution is 7.89. The molecule has 0 unspecified atom stereocenters. The number of rotatable bonds is 4. The lowest BCUT2D eigenvalue weighted by molar-refractivity contribution is 0.0730. The second-order valence-corrected chi connectivity index (χ2v) is 10.7. The Morgan fingerprint density at radius 3 is 2.41 bits per heavy atom. The fraction of sp³-hybridized carbons (Fsp3) is 0.348. The number of hydrogen-bond acceptors (Lipinski definition) is 6. The summed E-state index contributed by atoms with van der Waals surface area (Å²) in [5.41, 5.74) is 4.84. The molecule has 4 rings (SSSR count). The molecule has 1 fully saturated rings. The van der Waals surface area contributed by atoms with Crippen LogP contribution in [0.4, 0.5) is 11.4 Å². The van der Waals surface area contributed by atoms with Gasteiger partial charge in [-0.1, -0.05) is 17.7 Å². The van der Waals surface area contributed by atoms with Gasteiger partial charge in [-0.3, -0.25) is 0 Å². The van der Waals surface area contributed by atoms with Gasteiger partial charge in [0.05, 0.1) is 23.6 Å². The van der Waals surface area contributed by atoms with E-state index >= 15 is 0 Å². The van der Waals surface area contributed by atoms with Crippen LogP contribution in [0.15, 0.2) is 45.5 Å².